The average Bonchev–Trinajstić information content (AvgIpc) is 2.23. The van der Waals surface area contributed by atoms with E-state index in [4.69, 9.17) is 17.0 Å². The Morgan fingerprint density at radius 3 is 2.60 bits per heavy atom. The van der Waals surface area contributed by atoms with Gasteiger partial charge in [0.2, 0.25) is 0 Å². The predicted octanol–water partition coefficient (Wildman–Crippen LogP) is 3.64. The first-order valence-corrected chi connectivity index (χ1v) is 5.77. The van der Waals surface area contributed by atoms with Crippen molar-refractivity contribution in [2.45, 2.75) is 40.2 Å². The largest absolute Gasteiger partial charge is 0.494 e. The Bertz CT molecular complexity index is 395. The number of hydrogen-bond donors (Lipinski definition) is 0. The molecule has 0 N–H and O–H groups in total. The fourth-order valence-corrected chi connectivity index (χ4v) is 1.96. The van der Waals surface area contributed by atoms with Crippen molar-refractivity contribution >= 4 is 12.2 Å². The third-order valence-electron chi connectivity index (χ3n) is 2.73. The number of hydrogen-bond acceptors (Lipinski definition) is 2. The molecule has 0 bridgehead atoms. The van der Waals surface area contributed by atoms with Gasteiger partial charge in [-0.2, -0.15) is 0 Å². The number of methoxy groups -OCH3 is 1. The summed E-state index contributed by atoms with van der Waals surface area (Å²) in [4.78, 5) is 0. The van der Waals surface area contributed by atoms with Crippen LogP contribution >= 0.6 is 12.2 Å². The first kappa shape index (κ1) is 12.2. The Hall–Kier alpha value is -0.830. The number of ether oxygens (including phenoxy) is 1. The molecule has 1 heterocycles. The maximum Gasteiger partial charge on any atom is 0.154 e. The highest BCUT2D eigenvalue weighted by atomic mass is 32.1. The molecule has 2 nitrogen and oxygen atoms in total. The van der Waals surface area contributed by atoms with E-state index in [1.165, 1.54) is 17.7 Å². The first-order valence-electron chi connectivity index (χ1n) is 5.36. The molecule has 0 saturated heterocycles. The van der Waals surface area contributed by atoms with Crippen molar-refractivity contribution in [3.63, 3.8) is 0 Å². The van der Waals surface area contributed by atoms with Gasteiger partial charge in [0, 0.05) is 12.2 Å². The number of pyridine rings is 1. The zero-order valence-corrected chi connectivity index (χ0v) is 10.8. The second-order valence-electron chi connectivity index (χ2n) is 3.79. The highest BCUT2D eigenvalue weighted by Gasteiger charge is 2.06. The van der Waals surface area contributed by atoms with E-state index < -0.39 is 0 Å². The third kappa shape index (κ3) is 2.59. The van der Waals surface area contributed by atoms with Gasteiger partial charge >= 0.3 is 0 Å². The first-order chi connectivity index (χ1) is 7.11. The summed E-state index contributed by atoms with van der Waals surface area (Å²) in [5.74, 6) is 0.809. The van der Waals surface area contributed by atoms with Crippen molar-refractivity contribution in [1.82, 2.24) is 4.57 Å². The minimum absolute atomic E-state index is 0.809. The topological polar surface area (TPSA) is 14.2 Å². The van der Waals surface area contributed by atoms with E-state index in [1.54, 1.807) is 7.11 Å². The molecule has 1 rings (SSSR count). The van der Waals surface area contributed by atoms with Crippen molar-refractivity contribution in [1.29, 1.82) is 0 Å². The summed E-state index contributed by atoms with van der Waals surface area (Å²) in [6.07, 6.45) is 2.33. The lowest BCUT2D eigenvalue weighted by Gasteiger charge is -2.15. The number of aryl methyl sites for hydroxylation is 1. The highest BCUT2D eigenvalue weighted by Crippen LogP contribution is 2.20. The summed E-state index contributed by atoms with van der Waals surface area (Å²) in [5, 5.41) is 0. The van der Waals surface area contributed by atoms with E-state index in [1.807, 2.05) is 6.07 Å². The van der Waals surface area contributed by atoms with Gasteiger partial charge in [-0.05, 0) is 31.9 Å². The van der Waals surface area contributed by atoms with Crippen LogP contribution in [-0.4, -0.2) is 11.7 Å². The zero-order chi connectivity index (χ0) is 11.4. The van der Waals surface area contributed by atoms with E-state index >= 15 is 0 Å². The molecule has 0 fully saturated rings. The summed E-state index contributed by atoms with van der Waals surface area (Å²) in [6, 6.07) is 2.01. The van der Waals surface area contributed by atoms with E-state index in [-0.39, 0.29) is 0 Å². The molecule has 0 spiro atoms. The van der Waals surface area contributed by atoms with Gasteiger partial charge < -0.3 is 9.30 Å². The molecule has 0 aliphatic carbocycles. The van der Waals surface area contributed by atoms with Crippen LogP contribution in [0.4, 0.5) is 0 Å². The minimum atomic E-state index is 0.809. The molecule has 1 aromatic rings. The van der Waals surface area contributed by atoms with Crippen LogP contribution in [0.1, 0.15) is 31.0 Å². The Kier molecular flexibility index (Phi) is 4.33. The monoisotopic (exact) mass is 225 g/mol. The summed E-state index contributed by atoms with van der Waals surface area (Å²) in [5.41, 5.74) is 2.48. The van der Waals surface area contributed by atoms with Gasteiger partial charge in [-0.3, -0.25) is 0 Å². The van der Waals surface area contributed by atoms with Crippen LogP contribution in [0.2, 0.25) is 0 Å². The Labute approximate surface area is 96.9 Å². The summed E-state index contributed by atoms with van der Waals surface area (Å²) in [6.45, 7) is 7.38. The van der Waals surface area contributed by atoms with Crippen molar-refractivity contribution in [2.24, 2.45) is 0 Å². The normalized spacial score (nSPS) is 10.4. The summed E-state index contributed by atoms with van der Waals surface area (Å²) < 4.78 is 8.26. The molecule has 1 aromatic heterocycles. The molecule has 0 unspecified atom stereocenters. The molecule has 0 radical (unpaired) electrons. The molecular formula is C12H19NOS. The maximum absolute atomic E-state index is 5.39. The standard InChI is InChI=1S/C12H19NOS/c1-5-6-7-13-10(3)9(2)8-11(14-4)12(13)15/h8H,5-7H2,1-4H3. The van der Waals surface area contributed by atoms with Crippen LogP contribution in [0.5, 0.6) is 5.75 Å². The smallest absolute Gasteiger partial charge is 0.154 e. The van der Waals surface area contributed by atoms with Crippen LogP contribution in [0.3, 0.4) is 0 Å². The Morgan fingerprint density at radius 2 is 2.07 bits per heavy atom. The van der Waals surface area contributed by atoms with Crippen LogP contribution in [0.15, 0.2) is 6.07 Å². The number of aromatic nitrogens is 1. The SMILES string of the molecule is CCCCn1c(C)c(C)cc(OC)c1=S. The van der Waals surface area contributed by atoms with E-state index in [0.29, 0.717) is 0 Å². The second-order valence-corrected chi connectivity index (χ2v) is 4.18. The Balaban J connectivity index is 3.22. The molecule has 0 atom stereocenters. The quantitative estimate of drug-likeness (QED) is 0.726. The molecule has 0 aliphatic rings. The fourth-order valence-electron chi connectivity index (χ4n) is 1.59. The van der Waals surface area contributed by atoms with Gasteiger partial charge in [0.1, 0.15) is 4.64 Å². The average molecular weight is 225 g/mol. The van der Waals surface area contributed by atoms with Gasteiger partial charge in [-0.1, -0.05) is 25.6 Å². The molecule has 3 heteroatoms. The summed E-state index contributed by atoms with van der Waals surface area (Å²) >= 11 is 5.39. The lowest BCUT2D eigenvalue weighted by molar-refractivity contribution is 0.404. The number of unbranched alkanes of at least 4 members (excludes halogenated alkanes) is 1. The lowest BCUT2D eigenvalue weighted by atomic mass is 10.2. The lowest BCUT2D eigenvalue weighted by Crippen LogP contribution is -2.08. The fraction of sp³-hybridized carbons (Fsp3) is 0.583. The number of nitrogens with zero attached hydrogens (tertiary/aromatic N) is 1. The zero-order valence-electron chi connectivity index (χ0n) is 9.96. The van der Waals surface area contributed by atoms with Gasteiger partial charge in [-0.25, -0.2) is 0 Å². The molecule has 0 amide bonds. The van der Waals surface area contributed by atoms with E-state index in [0.717, 1.165) is 23.4 Å². The van der Waals surface area contributed by atoms with Gasteiger partial charge in [0.05, 0.1) is 7.11 Å². The van der Waals surface area contributed by atoms with Crippen molar-refractivity contribution in [3.05, 3.63) is 22.0 Å². The maximum atomic E-state index is 5.39. The molecular weight excluding hydrogens is 206 g/mol. The highest BCUT2D eigenvalue weighted by molar-refractivity contribution is 7.71. The van der Waals surface area contributed by atoms with Gasteiger partial charge in [0.15, 0.2) is 5.75 Å². The van der Waals surface area contributed by atoms with Gasteiger partial charge in [-0.15, -0.1) is 0 Å². The molecule has 15 heavy (non-hydrogen) atoms. The molecule has 0 aromatic carbocycles. The van der Waals surface area contributed by atoms with E-state index in [2.05, 4.69) is 25.3 Å². The van der Waals surface area contributed by atoms with Crippen molar-refractivity contribution in [3.8, 4) is 5.75 Å². The minimum Gasteiger partial charge on any atom is -0.494 e. The summed E-state index contributed by atoms with van der Waals surface area (Å²) in [7, 11) is 1.67. The third-order valence-corrected chi connectivity index (χ3v) is 3.16. The van der Waals surface area contributed by atoms with Crippen molar-refractivity contribution < 1.29 is 4.74 Å². The Morgan fingerprint density at radius 1 is 1.40 bits per heavy atom. The van der Waals surface area contributed by atoms with Crippen LogP contribution in [0, 0.1) is 18.5 Å². The van der Waals surface area contributed by atoms with E-state index in [9.17, 15) is 0 Å². The predicted molar refractivity (Wildman–Crippen MR) is 66.2 cm³/mol. The van der Waals surface area contributed by atoms with Gasteiger partial charge in [0.25, 0.3) is 0 Å². The molecule has 0 aliphatic heterocycles. The van der Waals surface area contributed by atoms with Crippen LogP contribution in [0.25, 0.3) is 0 Å². The number of rotatable bonds is 4. The second kappa shape index (κ2) is 5.31. The van der Waals surface area contributed by atoms with Crippen molar-refractivity contribution in [2.75, 3.05) is 7.11 Å². The molecule has 84 valence electrons. The molecule has 0 saturated carbocycles. The van der Waals surface area contributed by atoms with Crippen LogP contribution < -0.4 is 4.74 Å². The van der Waals surface area contributed by atoms with Crippen LogP contribution in [-0.2, 0) is 6.54 Å².